The van der Waals surface area contributed by atoms with Crippen LogP contribution in [0.3, 0.4) is 0 Å². The number of rotatable bonds is 2. The third-order valence-electron chi connectivity index (χ3n) is 2.18. The van der Waals surface area contributed by atoms with Gasteiger partial charge >= 0.3 is 0 Å². The van der Waals surface area contributed by atoms with E-state index < -0.39 is 0 Å². The van der Waals surface area contributed by atoms with Crippen LogP contribution in [-0.4, -0.2) is 0 Å². The van der Waals surface area contributed by atoms with Crippen LogP contribution in [0.5, 0.6) is 0 Å². The minimum atomic E-state index is -0.280. The Hall–Kier alpha value is -1.35. The van der Waals surface area contributed by atoms with Gasteiger partial charge in [-0.15, -0.1) is 0 Å². The van der Waals surface area contributed by atoms with Crippen molar-refractivity contribution in [2.45, 2.75) is 16.7 Å². The van der Waals surface area contributed by atoms with Crippen molar-refractivity contribution >= 4 is 11.8 Å². The maximum absolute atomic E-state index is 13.3. The van der Waals surface area contributed by atoms with Crippen molar-refractivity contribution in [3.8, 4) is 0 Å². The zero-order chi connectivity index (χ0) is 11.5. The van der Waals surface area contributed by atoms with Crippen molar-refractivity contribution in [3.63, 3.8) is 0 Å². The lowest BCUT2D eigenvalue weighted by atomic mass is 10.2. The molecule has 0 spiro atoms. The molecular weight excluding hydrogens is 226 g/mol. The van der Waals surface area contributed by atoms with Gasteiger partial charge in [0.2, 0.25) is 0 Å². The summed E-state index contributed by atoms with van der Waals surface area (Å²) in [6.07, 6.45) is 0. The third kappa shape index (κ3) is 2.61. The molecule has 0 fully saturated rings. The first-order chi connectivity index (χ1) is 7.65. The lowest BCUT2D eigenvalue weighted by Crippen LogP contribution is -1.82. The summed E-state index contributed by atoms with van der Waals surface area (Å²) in [7, 11) is 0. The zero-order valence-corrected chi connectivity index (χ0v) is 9.52. The molecule has 0 aliphatic carbocycles. The van der Waals surface area contributed by atoms with Crippen molar-refractivity contribution in [1.82, 2.24) is 0 Å². The summed E-state index contributed by atoms with van der Waals surface area (Å²) in [6.45, 7) is 1.71. The normalized spacial score (nSPS) is 10.4. The first-order valence-electron chi connectivity index (χ1n) is 4.85. The summed E-state index contributed by atoms with van der Waals surface area (Å²) in [4.78, 5) is 1.54. The maximum atomic E-state index is 13.3. The van der Waals surface area contributed by atoms with E-state index >= 15 is 0 Å². The molecule has 0 saturated heterocycles. The molecule has 0 unspecified atom stereocenters. The van der Waals surface area contributed by atoms with Crippen LogP contribution in [0.4, 0.5) is 8.78 Å². The number of benzene rings is 2. The first kappa shape index (κ1) is 11.1. The van der Waals surface area contributed by atoms with Crippen LogP contribution in [0.15, 0.2) is 52.3 Å². The fourth-order valence-electron chi connectivity index (χ4n) is 1.30. The molecule has 0 nitrogen and oxygen atoms in total. The largest absolute Gasteiger partial charge is 0.207 e. The highest BCUT2D eigenvalue weighted by Gasteiger charge is 2.02. The number of hydrogen-bond donors (Lipinski definition) is 0. The predicted octanol–water partition coefficient (Wildman–Crippen LogP) is 4.42. The molecule has 82 valence electrons. The molecule has 0 bridgehead atoms. The Morgan fingerprint density at radius 3 is 2.38 bits per heavy atom. The minimum absolute atomic E-state index is 0.235. The average Bonchev–Trinajstić information content (AvgIpc) is 2.24. The predicted molar refractivity (Wildman–Crippen MR) is 61.7 cm³/mol. The Bertz CT molecular complexity index is 509. The van der Waals surface area contributed by atoms with Gasteiger partial charge in [-0.2, -0.15) is 0 Å². The molecular formula is C13H10F2S. The Kier molecular flexibility index (Phi) is 3.25. The molecule has 3 heteroatoms. The van der Waals surface area contributed by atoms with Gasteiger partial charge < -0.3 is 0 Å². The van der Waals surface area contributed by atoms with Crippen LogP contribution >= 0.6 is 11.8 Å². The van der Waals surface area contributed by atoms with E-state index in [1.54, 1.807) is 25.1 Å². The second-order valence-electron chi connectivity index (χ2n) is 3.47. The molecule has 0 saturated carbocycles. The average molecular weight is 236 g/mol. The van der Waals surface area contributed by atoms with Gasteiger partial charge in [0.05, 0.1) is 0 Å². The lowest BCUT2D eigenvalue weighted by molar-refractivity contribution is 0.615. The molecule has 0 heterocycles. The highest BCUT2D eigenvalue weighted by atomic mass is 32.2. The molecule has 0 atom stereocenters. The topological polar surface area (TPSA) is 0 Å². The summed E-state index contributed by atoms with van der Waals surface area (Å²) in [6, 6.07) is 11.3. The summed E-state index contributed by atoms with van der Waals surface area (Å²) >= 11 is 1.34. The SMILES string of the molecule is Cc1ccc(Sc2cccc(F)c2)cc1F. The molecule has 0 amide bonds. The first-order valence-corrected chi connectivity index (χ1v) is 5.66. The second kappa shape index (κ2) is 4.66. The van der Waals surface area contributed by atoms with E-state index in [1.807, 2.05) is 6.07 Å². The Morgan fingerprint density at radius 2 is 1.69 bits per heavy atom. The Morgan fingerprint density at radius 1 is 0.938 bits per heavy atom. The smallest absolute Gasteiger partial charge is 0.127 e. The highest BCUT2D eigenvalue weighted by Crippen LogP contribution is 2.28. The summed E-state index contributed by atoms with van der Waals surface area (Å²) < 4.78 is 26.2. The molecule has 0 radical (unpaired) electrons. The van der Waals surface area contributed by atoms with Crippen LogP contribution in [-0.2, 0) is 0 Å². The van der Waals surface area contributed by atoms with Crippen molar-refractivity contribution in [1.29, 1.82) is 0 Å². The maximum Gasteiger partial charge on any atom is 0.127 e. The van der Waals surface area contributed by atoms with E-state index in [0.717, 1.165) is 9.79 Å². The minimum Gasteiger partial charge on any atom is -0.207 e. The van der Waals surface area contributed by atoms with E-state index in [1.165, 1.54) is 30.0 Å². The van der Waals surface area contributed by atoms with E-state index in [9.17, 15) is 8.78 Å². The zero-order valence-electron chi connectivity index (χ0n) is 8.71. The molecule has 0 aliphatic rings. The van der Waals surface area contributed by atoms with E-state index in [2.05, 4.69) is 0 Å². The quantitative estimate of drug-likeness (QED) is 0.743. The van der Waals surface area contributed by atoms with Gasteiger partial charge in [0.25, 0.3) is 0 Å². The van der Waals surface area contributed by atoms with Crippen molar-refractivity contribution < 1.29 is 8.78 Å². The molecule has 2 aromatic rings. The fourth-order valence-corrected chi connectivity index (χ4v) is 2.19. The summed E-state index contributed by atoms with van der Waals surface area (Å²) in [5.74, 6) is -0.515. The van der Waals surface area contributed by atoms with Gasteiger partial charge in [0, 0.05) is 9.79 Å². The van der Waals surface area contributed by atoms with Gasteiger partial charge in [0.1, 0.15) is 11.6 Å². The van der Waals surface area contributed by atoms with Gasteiger partial charge in [-0.25, -0.2) is 8.78 Å². The van der Waals surface area contributed by atoms with Gasteiger partial charge in [-0.3, -0.25) is 0 Å². The number of hydrogen-bond acceptors (Lipinski definition) is 1. The number of aryl methyl sites for hydroxylation is 1. The fraction of sp³-hybridized carbons (Fsp3) is 0.0769. The molecule has 2 rings (SSSR count). The summed E-state index contributed by atoms with van der Waals surface area (Å²) in [5.41, 5.74) is 0.614. The Balaban J connectivity index is 2.24. The van der Waals surface area contributed by atoms with Gasteiger partial charge in [-0.1, -0.05) is 23.9 Å². The Labute approximate surface area is 97.3 Å². The lowest BCUT2D eigenvalue weighted by Gasteiger charge is -2.03. The van der Waals surface area contributed by atoms with E-state index in [4.69, 9.17) is 0 Å². The van der Waals surface area contributed by atoms with Crippen molar-refractivity contribution in [2.24, 2.45) is 0 Å². The third-order valence-corrected chi connectivity index (χ3v) is 3.15. The van der Waals surface area contributed by atoms with E-state index in [0.29, 0.717) is 5.56 Å². The van der Waals surface area contributed by atoms with Crippen LogP contribution in [0.2, 0.25) is 0 Å². The van der Waals surface area contributed by atoms with Crippen LogP contribution < -0.4 is 0 Å². The molecule has 16 heavy (non-hydrogen) atoms. The van der Waals surface area contributed by atoms with E-state index in [-0.39, 0.29) is 11.6 Å². The molecule has 2 aromatic carbocycles. The van der Waals surface area contributed by atoms with Crippen LogP contribution in [0.25, 0.3) is 0 Å². The van der Waals surface area contributed by atoms with Gasteiger partial charge in [-0.05, 0) is 42.8 Å². The van der Waals surface area contributed by atoms with Gasteiger partial charge in [0.15, 0.2) is 0 Å². The van der Waals surface area contributed by atoms with Crippen molar-refractivity contribution in [3.05, 3.63) is 59.7 Å². The second-order valence-corrected chi connectivity index (χ2v) is 4.62. The van der Waals surface area contributed by atoms with Crippen LogP contribution in [0.1, 0.15) is 5.56 Å². The molecule has 0 aromatic heterocycles. The van der Waals surface area contributed by atoms with Crippen LogP contribution in [0, 0.1) is 18.6 Å². The monoisotopic (exact) mass is 236 g/mol. The summed E-state index contributed by atoms with van der Waals surface area (Å²) in [5, 5.41) is 0. The number of halogens is 2. The standard InChI is InChI=1S/C13H10F2S/c1-9-5-6-12(8-13(9)15)16-11-4-2-3-10(14)7-11/h2-8H,1H3. The van der Waals surface area contributed by atoms with Crippen molar-refractivity contribution in [2.75, 3.05) is 0 Å². The molecule has 0 N–H and O–H groups in total. The highest BCUT2D eigenvalue weighted by molar-refractivity contribution is 7.99. The molecule has 0 aliphatic heterocycles.